The van der Waals surface area contributed by atoms with E-state index in [1.807, 2.05) is 0 Å². The number of hydrogen-bond acceptors (Lipinski definition) is 8. The van der Waals surface area contributed by atoms with Gasteiger partial charge in [-0.05, 0) is 12.8 Å². The summed E-state index contributed by atoms with van der Waals surface area (Å²) in [4.78, 5) is 39.0. The molecule has 14 heteroatoms. The number of unbranched alkanes of at least 4 members (excludes halogenated alkanes) is 3. The maximum atomic E-state index is 12.1. The first-order chi connectivity index (χ1) is 14.2. The van der Waals surface area contributed by atoms with E-state index in [-0.39, 0.29) is 47.7 Å². The Balaban J connectivity index is 0.00000900. The number of halogens is 1. The second kappa shape index (κ2) is 14.6. The van der Waals surface area contributed by atoms with Gasteiger partial charge in [0.15, 0.2) is 34.4 Å². The Morgan fingerprint density at radius 3 is 2.29 bits per heavy atom. The molecule has 0 spiro atoms. The Bertz CT molecular complexity index is 795. The first-order valence-electron chi connectivity index (χ1n) is 9.22. The first-order valence-corrected chi connectivity index (χ1v) is 9.60. The van der Waals surface area contributed by atoms with Gasteiger partial charge in [0, 0.05) is 19.5 Å². The Labute approximate surface area is 186 Å². The van der Waals surface area contributed by atoms with Crippen LogP contribution in [0.3, 0.4) is 0 Å². The van der Waals surface area contributed by atoms with Crippen LogP contribution in [0.1, 0.15) is 50.0 Å². The SMILES string of the molecule is C.NC(N)=NCCNC(=O)CCCCCCN=C(N)NC(=O)c1nc(Cl)c(N)nc1N. The van der Waals surface area contributed by atoms with Gasteiger partial charge in [-0.2, -0.15) is 0 Å². The van der Waals surface area contributed by atoms with Crippen LogP contribution in [0.25, 0.3) is 0 Å². The fraction of sp³-hybridized carbons (Fsp3) is 0.529. The maximum Gasteiger partial charge on any atom is 0.280 e. The van der Waals surface area contributed by atoms with E-state index in [1.54, 1.807) is 0 Å². The van der Waals surface area contributed by atoms with Crippen molar-refractivity contribution in [1.29, 1.82) is 0 Å². The van der Waals surface area contributed by atoms with E-state index in [2.05, 4.69) is 30.6 Å². The van der Waals surface area contributed by atoms with E-state index in [1.165, 1.54) is 0 Å². The molecule has 174 valence electrons. The number of aromatic nitrogens is 2. The van der Waals surface area contributed by atoms with E-state index in [4.69, 9.17) is 40.3 Å². The highest BCUT2D eigenvalue weighted by atomic mass is 35.5. The molecule has 0 aliphatic carbocycles. The van der Waals surface area contributed by atoms with E-state index in [9.17, 15) is 9.59 Å². The van der Waals surface area contributed by atoms with Crippen LogP contribution in [0.4, 0.5) is 11.6 Å². The number of carbonyl (C=O) groups is 2. The fourth-order valence-corrected chi connectivity index (χ4v) is 2.37. The Morgan fingerprint density at radius 1 is 0.935 bits per heavy atom. The third kappa shape index (κ3) is 11.4. The van der Waals surface area contributed by atoms with Crippen molar-refractivity contribution < 1.29 is 9.59 Å². The third-order valence-electron chi connectivity index (χ3n) is 3.68. The summed E-state index contributed by atoms with van der Waals surface area (Å²) in [5.74, 6) is -1.04. The quantitative estimate of drug-likeness (QED) is 0.126. The molecule has 0 saturated heterocycles. The van der Waals surface area contributed by atoms with Gasteiger partial charge in [-0.15, -0.1) is 0 Å². The Kier molecular flexibility index (Phi) is 13.0. The number of rotatable bonds is 11. The number of hydrogen-bond donors (Lipinski definition) is 7. The molecule has 0 bridgehead atoms. The zero-order chi connectivity index (χ0) is 22.5. The van der Waals surface area contributed by atoms with Gasteiger partial charge in [-0.1, -0.05) is 31.9 Å². The Hall–Kier alpha value is -3.35. The predicted molar refractivity (Wildman–Crippen MR) is 123 cm³/mol. The highest BCUT2D eigenvalue weighted by Crippen LogP contribution is 2.17. The van der Waals surface area contributed by atoms with Gasteiger partial charge in [0.2, 0.25) is 5.91 Å². The highest BCUT2D eigenvalue weighted by Gasteiger charge is 2.16. The average Bonchev–Trinajstić information content (AvgIpc) is 2.67. The van der Waals surface area contributed by atoms with E-state index in [0.29, 0.717) is 26.1 Å². The molecule has 0 fully saturated rings. The highest BCUT2D eigenvalue weighted by molar-refractivity contribution is 6.31. The van der Waals surface area contributed by atoms with Crippen molar-refractivity contribution in [1.82, 2.24) is 20.6 Å². The number of nitrogens with one attached hydrogen (secondary N) is 2. The van der Waals surface area contributed by atoms with Gasteiger partial charge < -0.3 is 34.0 Å². The number of nitrogens with zero attached hydrogens (tertiary/aromatic N) is 4. The largest absolute Gasteiger partial charge is 0.382 e. The van der Waals surface area contributed by atoms with Crippen LogP contribution < -0.4 is 39.3 Å². The van der Waals surface area contributed by atoms with Crippen molar-refractivity contribution in [3.63, 3.8) is 0 Å². The summed E-state index contributed by atoms with van der Waals surface area (Å²) < 4.78 is 0. The molecule has 1 aromatic rings. The van der Waals surface area contributed by atoms with E-state index < -0.39 is 5.91 Å². The number of nitrogen functional groups attached to an aromatic ring is 2. The molecule has 1 heterocycles. The third-order valence-corrected chi connectivity index (χ3v) is 3.96. The molecule has 1 aromatic heterocycles. The summed E-state index contributed by atoms with van der Waals surface area (Å²) in [7, 11) is 0. The van der Waals surface area contributed by atoms with E-state index >= 15 is 0 Å². The van der Waals surface area contributed by atoms with Crippen molar-refractivity contribution in [3.8, 4) is 0 Å². The van der Waals surface area contributed by atoms with Crippen molar-refractivity contribution in [2.45, 2.75) is 39.5 Å². The molecule has 2 amide bonds. The summed E-state index contributed by atoms with van der Waals surface area (Å²) in [6.07, 6.45) is 3.64. The Morgan fingerprint density at radius 2 is 1.61 bits per heavy atom. The van der Waals surface area contributed by atoms with E-state index in [0.717, 1.165) is 25.7 Å². The van der Waals surface area contributed by atoms with Crippen molar-refractivity contribution in [2.75, 3.05) is 31.1 Å². The second-order valence-electron chi connectivity index (χ2n) is 6.18. The van der Waals surface area contributed by atoms with Gasteiger partial charge >= 0.3 is 0 Å². The molecule has 12 N–H and O–H groups in total. The summed E-state index contributed by atoms with van der Waals surface area (Å²) in [6, 6.07) is 0. The number of aliphatic imine (C=N–C) groups is 2. The molecular weight excluding hydrogens is 426 g/mol. The van der Waals surface area contributed by atoms with Crippen LogP contribution in [0.5, 0.6) is 0 Å². The minimum atomic E-state index is -0.686. The number of carbonyl (C=O) groups excluding carboxylic acids is 2. The molecule has 0 radical (unpaired) electrons. The molecule has 0 aliphatic heterocycles. The molecule has 0 aliphatic rings. The zero-order valence-electron chi connectivity index (χ0n) is 16.5. The molecule has 1 rings (SSSR count). The summed E-state index contributed by atoms with van der Waals surface area (Å²) in [6.45, 7) is 1.17. The lowest BCUT2D eigenvalue weighted by Gasteiger charge is -2.07. The second-order valence-corrected chi connectivity index (χ2v) is 6.53. The van der Waals surface area contributed by atoms with Crippen molar-refractivity contribution in [3.05, 3.63) is 10.8 Å². The zero-order valence-corrected chi connectivity index (χ0v) is 17.3. The lowest BCUT2D eigenvalue weighted by molar-refractivity contribution is -0.121. The van der Waals surface area contributed by atoms with Gasteiger partial charge in [0.1, 0.15) is 0 Å². The normalized spacial score (nSPS) is 10.7. The molecule has 0 unspecified atom stereocenters. The standard InChI is InChI=1S/C16H28ClN11O2.CH4/c17-11-13(19)27-12(18)10(26-11)14(30)28-16(22)25-6-4-2-1-3-5-9(29)23-7-8-24-15(20)21;/h1-8H2,(H,23,29)(H4,18,19,27)(H4,20,21,24)(H3,22,25,28,30);1H4. The van der Waals surface area contributed by atoms with Gasteiger partial charge in [-0.3, -0.25) is 24.9 Å². The van der Waals surface area contributed by atoms with Crippen LogP contribution >= 0.6 is 11.6 Å². The molecule has 31 heavy (non-hydrogen) atoms. The maximum absolute atomic E-state index is 12.1. The van der Waals surface area contributed by atoms with Crippen molar-refractivity contribution in [2.24, 2.45) is 27.2 Å². The van der Waals surface area contributed by atoms with Gasteiger partial charge in [0.05, 0.1) is 6.54 Å². The monoisotopic (exact) mass is 457 g/mol. The van der Waals surface area contributed by atoms with Gasteiger partial charge in [0.25, 0.3) is 5.91 Å². The van der Waals surface area contributed by atoms with Crippen LogP contribution in [0.2, 0.25) is 5.15 Å². The molecule has 13 nitrogen and oxygen atoms in total. The molecule has 0 atom stereocenters. The van der Waals surface area contributed by atoms with Crippen LogP contribution in [0, 0.1) is 0 Å². The first kappa shape index (κ1) is 27.6. The number of nitrogens with two attached hydrogens (primary N) is 5. The van der Waals surface area contributed by atoms with Crippen LogP contribution in [-0.2, 0) is 4.79 Å². The van der Waals surface area contributed by atoms with Crippen LogP contribution in [0.15, 0.2) is 9.98 Å². The average molecular weight is 458 g/mol. The summed E-state index contributed by atoms with van der Waals surface area (Å²) in [5, 5.41) is 4.96. The lowest BCUT2D eigenvalue weighted by Crippen LogP contribution is -2.38. The van der Waals surface area contributed by atoms with Gasteiger partial charge in [-0.25, -0.2) is 9.97 Å². The number of amides is 2. The molecule has 0 aromatic carbocycles. The molecular formula is C17H32ClN11O2. The predicted octanol–water partition coefficient (Wildman–Crippen LogP) is -0.685. The lowest BCUT2D eigenvalue weighted by atomic mass is 10.1. The minimum Gasteiger partial charge on any atom is -0.382 e. The van der Waals surface area contributed by atoms with Crippen LogP contribution in [-0.4, -0.2) is 53.3 Å². The summed E-state index contributed by atoms with van der Waals surface area (Å²) >= 11 is 5.74. The van der Waals surface area contributed by atoms with Crippen molar-refractivity contribution >= 4 is 47.0 Å². The fourth-order valence-electron chi connectivity index (χ4n) is 2.24. The number of anilines is 2. The minimum absolute atomic E-state index is 0. The number of guanidine groups is 2. The topological polar surface area (TPSA) is 239 Å². The smallest absolute Gasteiger partial charge is 0.280 e. The summed E-state index contributed by atoms with van der Waals surface area (Å²) in [5.41, 5.74) is 26.9. The molecule has 0 saturated carbocycles.